The van der Waals surface area contributed by atoms with E-state index in [1.807, 2.05) is 0 Å². The number of hydrogen-bond donors (Lipinski definition) is 0. The lowest BCUT2D eigenvalue weighted by atomic mass is 9.95. The van der Waals surface area contributed by atoms with E-state index in [0.29, 0.717) is 13.2 Å². The quantitative estimate of drug-likeness (QED) is 0.513. The van der Waals surface area contributed by atoms with Crippen LogP contribution in [0.2, 0.25) is 0 Å². The Balaban J connectivity index is 1.96. The van der Waals surface area contributed by atoms with Gasteiger partial charge in [-0.05, 0) is 19.3 Å². The molecule has 0 radical (unpaired) electrons. The summed E-state index contributed by atoms with van der Waals surface area (Å²) in [4.78, 5) is 10.6. The smallest absolute Gasteiger partial charge is 0.431 e. The molecule has 0 aromatic carbocycles. The standard InChI is InChI=1S/C8H12O4/c9-7-10-5-8(6-11-7)3-1-2-4-12-8/h1-6H2. The highest BCUT2D eigenvalue weighted by molar-refractivity contribution is 5.60. The molecule has 4 heteroatoms. The lowest BCUT2D eigenvalue weighted by molar-refractivity contribution is -0.169. The van der Waals surface area contributed by atoms with E-state index in [-0.39, 0.29) is 5.60 Å². The summed E-state index contributed by atoms with van der Waals surface area (Å²) in [6, 6.07) is 0. The van der Waals surface area contributed by atoms with Crippen molar-refractivity contribution in [1.82, 2.24) is 0 Å². The fourth-order valence-corrected chi connectivity index (χ4v) is 1.60. The summed E-state index contributed by atoms with van der Waals surface area (Å²) >= 11 is 0. The fraction of sp³-hybridized carbons (Fsp3) is 0.875. The third-order valence-corrected chi connectivity index (χ3v) is 2.34. The zero-order valence-electron chi connectivity index (χ0n) is 6.88. The Morgan fingerprint density at radius 3 is 2.50 bits per heavy atom. The first-order valence-corrected chi connectivity index (χ1v) is 4.24. The number of carbonyl (C=O) groups is 1. The number of rotatable bonds is 0. The van der Waals surface area contributed by atoms with E-state index in [1.54, 1.807) is 0 Å². The van der Waals surface area contributed by atoms with Crippen molar-refractivity contribution in [2.75, 3.05) is 19.8 Å². The van der Waals surface area contributed by atoms with Crippen LogP contribution in [-0.4, -0.2) is 31.6 Å². The first-order chi connectivity index (χ1) is 5.81. The Morgan fingerprint density at radius 2 is 1.92 bits per heavy atom. The van der Waals surface area contributed by atoms with Crippen molar-refractivity contribution < 1.29 is 19.0 Å². The second-order valence-corrected chi connectivity index (χ2v) is 3.32. The highest BCUT2D eigenvalue weighted by Crippen LogP contribution is 2.28. The van der Waals surface area contributed by atoms with Crippen LogP contribution >= 0.6 is 0 Å². The van der Waals surface area contributed by atoms with Gasteiger partial charge in [-0.2, -0.15) is 0 Å². The molecule has 2 fully saturated rings. The lowest BCUT2D eigenvalue weighted by Gasteiger charge is -2.38. The van der Waals surface area contributed by atoms with Gasteiger partial charge in [0.05, 0.1) is 0 Å². The Labute approximate surface area is 70.8 Å². The van der Waals surface area contributed by atoms with E-state index in [4.69, 9.17) is 14.2 Å². The molecule has 1 spiro atoms. The molecular weight excluding hydrogens is 160 g/mol. The summed E-state index contributed by atoms with van der Waals surface area (Å²) in [6.45, 7) is 1.46. The van der Waals surface area contributed by atoms with Crippen molar-refractivity contribution in [3.63, 3.8) is 0 Å². The van der Waals surface area contributed by atoms with Crippen LogP contribution < -0.4 is 0 Å². The molecule has 0 atom stereocenters. The van der Waals surface area contributed by atoms with Crippen LogP contribution in [0.3, 0.4) is 0 Å². The first-order valence-electron chi connectivity index (χ1n) is 4.24. The fourth-order valence-electron chi connectivity index (χ4n) is 1.60. The highest BCUT2D eigenvalue weighted by Gasteiger charge is 2.39. The van der Waals surface area contributed by atoms with Gasteiger partial charge in [-0.1, -0.05) is 0 Å². The Bertz CT molecular complexity index is 171. The van der Waals surface area contributed by atoms with E-state index in [1.165, 1.54) is 0 Å². The van der Waals surface area contributed by atoms with Crippen LogP contribution in [0, 0.1) is 0 Å². The molecule has 0 amide bonds. The summed E-state index contributed by atoms with van der Waals surface area (Å²) in [6.07, 6.45) is 2.58. The SMILES string of the molecule is O=C1OCC2(CCCCO2)CO1. The molecule has 0 aromatic heterocycles. The third-order valence-electron chi connectivity index (χ3n) is 2.34. The van der Waals surface area contributed by atoms with Gasteiger partial charge in [0.2, 0.25) is 0 Å². The molecule has 2 aliphatic rings. The van der Waals surface area contributed by atoms with Gasteiger partial charge in [-0.25, -0.2) is 4.79 Å². The summed E-state index contributed by atoms with van der Waals surface area (Å²) in [5.74, 6) is 0. The Hall–Kier alpha value is -0.770. The molecule has 0 saturated carbocycles. The monoisotopic (exact) mass is 172 g/mol. The predicted octanol–water partition coefficient (Wildman–Crippen LogP) is 1.09. The minimum Gasteiger partial charge on any atom is -0.431 e. The molecule has 2 rings (SSSR count). The summed E-state index contributed by atoms with van der Waals surface area (Å²) in [5.41, 5.74) is -0.327. The number of carbonyl (C=O) groups excluding carboxylic acids is 1. The van der Waals surface area contributed by atoms with Crippen LogP contribution in [0.4, 0.5) is 4.79 Å². The zero-order valence-corrected chi connectivity index (χ0v) is 6.88. The Kier molecular flexibility index (Phi) is 1.92. The van der Waals surface area contributed by atoms with Crippen molar-refractivity contribution in [1.29, 1.82) is 0 Å². The average Bonchev–Trinajstić information content (AvgIpc) is 2.13. The van der Waals surface area contributed by atoms with E-state index < -0.39 is 6.16 Å². The molecule has 2 heterocycles. The average molecular weight is 172 g/mol. The Morgan fingerprint density at radius 1 is 1.17 bits per heavy atom. The molecule has 0 bridgehead atoms. The lowest BCUT2D eigenvalue weighted by Crippen LogP contribution is -2.49. The maximum absolute atomic E-state index is 10.6. The van der Waals surface area contributed by atoms with Gasteiger partial charge in [0, 0.05) is 6.61 Å². The van der Waals surface area contributed by atoms with Crippen LogP contribution in [0.25, 0.3) is 0 Å². The van der Waals surface area contributed by atoms with Crippen LogP contribution in [0.5, 0.6) is 0 Å². The van der Waals surface area contributed by atoms with Crippen molar-refractivity contribution in [3.05, 3.63) is 0 Å². The molecule has 0 unspecified atom stereocenters. The van der Waals surface area contributed by atoms with Gasteiger partial charge in [0.1, 0.15) is 18.8 Å². The molecule has 12 heavy (non-hydrogen) atoms. The number of hydrogen-bond acceptors (Lipinski definition) is 4. The van der Waals surface area contributed by atoms with Gasteiger partial charge in [0.25, 0.3) is 0 Å². The van der Waals surface area contributed by atoms with Crippen molar-refractivity contribution in [2.45, 2.75) is 24.9 Å². The number of cyclic esters (lactones) is 2. The normalized spacial score (nSPS) is 27.8. The van der Waals surface area contributed by atoms with Crippen LogP contribution in [-0.2, 0) is 14.2 Å². The van der Waals surface area contributed by atoms with Crippen LogP contribution in [0.1, 0.15) is 19.3 Å². The summed E-state index contributed by atoms with van der Waals surface area (Å²) in [7, 11) is 0. The molecule has 0 aliphatic carbocycles. The second kappa shape index (κ2) is 2.94. The highest BCUT2D eigenvalue weighted by atomic mass is 16.7. The molecule has 0 N–H and O–H groups in total. The van der Waals surface area contributed by atoms with E-state index >= 15 is 0 Å². The molecule has 68 valence electrons. The maximum Gasteiger partial charge on any atom is 0.508 e. The van der Waals surface area contributed by atoms with Gasteiger partial charge < -0.3 is 14.2 Å². The van der Waals surface area contributed by atoms with Gasteiger partial charge in [-0.15, -0.1) is 0 Å². The topological polar surface area (TPSA) is 44.8 Å². The first kappa shape index (κ1) is 7.86. The van der Waals surface area contributed by atoms with Crippen molar-refractivity contribution >= 4 is 6.16 Å². The number of ether oxygens (including phenoxy) is 3. The minimum atomic E-state index is -0.574. The van der Waals surface area contributed by atoms with Crippen molar-refractivity contribution in [3.8, 4) is 0 Å². The van der Waals surface area contributed by atoms with Gasteiger partial charge in [-0.3, -0.25) is 0 Å². The molecule has 2 saturated heterocycles. The van der Waals surface area contributed by atoms with Crippen molar-refractivity contribution in [2.24, 2.45) is 0 Å². The molecule has 4 nitrogen and oxygen atoms in total. The summed E-state index contributed by atoms with van der Waals surface area (Å²) in [5, 5.41) is 0. The van der Waals surface area contributed by atoms with Gasteiger partial charge in [0.15, 0.2) is 0 Å². The largest absolute Gasteiger partial charge is 0.508 e. The zero-order chi connectivity index (χ0) is 8.44. The second-order valence-electron chi connectivity index (χ2n) is 3.32. The third kappa shape index (κ3) is 1.39. The van der Waals surface area contributed by atoms with E-state index in [2.05, 4.69) is 0 Å². The molecule has 0 aromatic rings. The predicted molar refractivity (Wildman–Crippen MR) is 39.8 cm³/mol. The van der Waals surface area contributed by atoms with Crippen LogP contribution in [0.15, 0.2) is 0 Å². The minimum absolute atomic E-state index is 0.327. The van der Waals surface area contributed by atoms with E-state index in [9.17, 15) is 4.79 Å². The van der Waals surface area contributed by atoms with E-state index in [0.717, 1.165) is 25.9 Å². The maximum atomic E-state index is 10.6. The molecule has 2 aliphatic heterocycles. The van der Waals surface area contributed by atoms with Gasteiger partial charge >= 0.3 is 6.16 Å². The summed E-state index contributed by atoms with van der Waals surface area (Å²) < 4.78 is 15.1. The molecular formula is C8H12O4.